The van der Waals surface area contributed by atoms with Crippen LogP contribution in [0.2, 0.25) is 0 Å². The molecule has 0 saturated carbocycles. The summed E-state index contributed by atoms with van der Waals surface area (Å²) in [5.41, 5.74) is 9.24. The van der Waals surface area contributed by atoms with E-state index < -0.39 is 17.1 Å². The Morgan fingerprint density at radius 1 is 0.576 bits per heavy atom. The monoisotopic (exact) mass is 1630 g/mol. The van der Waals surface area contributed by atoms with Crippen LogP contribution >= 0.6 is 73.6 Å². The fourth-order valence-electron chi connectivity index (χ4n) is 10.8. The number of aromatic nitrogens is 3. The van der Waals surface area contributed by atoms with Crippen LogP contribution in [0.4, 0.5) is 22.7 Å². The molecule has 0 bridgehead atoms. The molecule has 92 heavy (non-hydrogen) atoms. The van der Waals surface area contributed by atoms with Crippen LogP contribution in [-0.2, 0) is 4.74 Å². The Morgan fingerprint density at radius 3 is 1.23 bits per heavy atom. The molecule has 6 aromatic heterocycles. The van der Waals surface area contributed by atoms with Gasteiger partial charge in [-0.3, -0.25) is 14.3 Å². The highest BCUT2D eigenvalue weighted by Crippen LogP contribution is 2.37. The van der Waals surface area contributed by atoms with Crippen molar-refractivity contribution in [3.05, 3.63) is 161 Å². The van der Waals surface area contributed by atoms with Crippen LogP contribution in [0.15, 0.2) is 122 Å². The number of carboxylic acid groups (broad SMARTS) is 1. The number of carbonyl (C=O) groups excluding carboxylic acids is 3. The van der Waals surface area contributed by atoms with Crippen LogP contribution in [0.25, 0.3) is 67.1 Å². The first-order chi connectivity index (χ1) is 42.0. The maximum atomic E-state index is 13.6. The van der Waals surface area contributed by atoms with Crippen LogP contribution in [0.5, 0.6) is 0 Å². The highest BCUT2D eigenvalue weighted by Gasteiger charge is 2.42. The molecule has 0 radical (unpaired) electrons. The predicted molar refractivity (Wildman–Crippen MR) is 382 cm³/mol. The summed E-state index contributed by atoms with van der Waals surface area (Å²) in [6, 6.07) is 29.1. The number of amides is 3. The normalized spacial score (nSPS) is 14.2. The lowest BCUT2D eigenvalue weighted by Gasteiger charge is -2.46. The van der Waals surface area contributed by atoms with Gasteiger partial charge in [0, 0.05) is 110 Å². The summed E-state index contributed by atoms with van der Waals surface area (Å²) in [7, 11) is 0. The van der Waals surface area contributed by atoms with Gasteiger partial charge in [-0.05, 0) is 157 Å². The highest BCUT2D eigenvalue weighted by molar-refractivity contribution is 15.0. The molecule has 3 N–H and O–H groups in total. The first-order valence-corrected chi connectivity index (χ1v) is 35.7. The molecular weight excluding hydrogens is 1550 g/mol. The molecule has 0 unspecified atom stereocenters. The first kappa shape index (κ1) is 76.3. The number of halogens is 8. The summed E-state index contributed by atoms with van der Waals surface area (Å²) in [6.07, 6.45) is -0.384. The minimum Gasteiger partial charge on any atom is -0.475 e. The van der Waals surface area contributed by atoms with E-state index in [4.69, 9.17) is 33.1 Å². The number of aromatic carboxylic acids is 1. The minimum absolute atomic E-state index is 0. The number of hydrogen-bond acceptors (Lipinski definition) is 11. The van der Waals surface area contributed by atoms with Crippen molar-refractivity contribution in [2.24, 2.45) is 0 Å². The number of nitrogens with two attached hydrogens (primary N) is 1. The third-order valence-corrected chi connectivity index (χ3v) is 15.4. The molecule has 11 rings (SSSR count). The molecule has 8 heterocycles. The number of benzene rings is 3. The number of rotatable bonds is 9. The van der Waals surface area contributed by atoms with Gasteiger partial charge in [0.05, 0.1) is 47.8 Å². The number of furan rings is 3. The van der Waals surface area contributed by atoms with E-state index in [1.165, 1.54) is 42.5 Å². The van der Waals surface area contributed by atoms with E-state index in [-0.39, 0.29) is 113 Å². The summed E-state index contributed by atoms with van der Waals surface area (Å²) >= 11 is 4.24. The number of carboxylic acids is 1. The van der Waals surface area contributed by atoms with Crippen LogP contribution in [0.1, 0.15) is 158 Å². The topological polar surface area (TPSA) is 202 Å². The molecule has 2 saturated heterocycles. The van der Waals surface area contributed by atoms with Crippen LogP contribution in [0, 0.1) is 17.5 Å². The third-order valence-electron chi connectivity index (χ3n) is 15.4. The SMILES string of the molecule is CC(C)c1cc(-c2ccc(F)cc2)nc2cc(C(=O)N3CCN(C(=O)OC(C)(C)C)CC3(C)C)oc12.CC(C)c1cc(-c2ccc(F)cc2)nc2cc(C(=O)N3CC[NH2+]CC3(C)C)oc12.CC(C)c1cc(-c2ccc(F)cc2)nc2cc(C(=O)O)oc12.Cl.F.I.II.[2HH]. The number of carbonyl (C=O) groups is 4. The van der Waals surface area contributed by atoms with E-state index in [1.807, 2.05) is 85.4 Å². The summed E-state index contributed by atoms with van der Waals surface area (Å²) in [5.74, 6) is -1.55. The van der Waals surface area contributed by atoms with E-state index in [1.54, 1.807) is 58.3 Å². The van der Waals surface area contributed by atoms with Crippen molar-refractivity contribution in [1.29, 1.82) is 0 Å². The molecular formula is C68H80ClF4I3N7O9+. The predicted octanol–water partition coefficient (Wildman–Crippen LogP) is 17.4. The molecule has 24 heteroatoms. The molecule has 0 aliphatic carbocycles. The standard InChI is InChI=1S/C28H34FN3O4.C23H26FN3O2.C17H14FNO3.ClH.FH.I2.HI.H2/c1-17(2)20-14-21(18-8-10-19(29)11-9-18)30-22-15-23(35-24(20)22)25(33)32-13-12-31(16-28(32,6)7)26(34)36-27(3,4)5;1-14(2)17-11-18(15-5-7-16(24)8-6-15)26-19-12-20(29-21(17)19)22(28)27-10-9-25-13-23(27,3)4;1-9(2)12-7-13(10-3-5-11(18)6-4-10)19-14-8-15(17(20)21)22-16(12)14;;;1-2;;/h8-11,14-15,17H,12-13,16H2,1-7H3;5-8,11-12,14,25H,9-10,13H2,1-4H3;3-9H,1-2H3,(H,20,21);2*1H;;2*1H/p+1/i;;;;;;;1+1. The molecule has 9 aromatic rings. The second-order valence-electron chi connectivity index (χ2n) is 25.3. The van der Waals surface area contributed by atoms with E-state index in [0.717, 1.165) is 52.2 Å². The number of quaternary nitrogens is 1. The van der Waals surface area contributed by atoms with Gasteiger partial charge in [-0.25, -0.2) is 37.7 Å². The average molecular weight is 1630 g/mol. The number of hydrogen-bond donors (Lipinski definition) is 2. The quantitative estimate of drug-likeness (QED) is 0.102. The zero-order valence-corrected chi connectivity index (χ0v) is 60.9. The van der Waals surface area contributed by atoms with Crippen molar-refractivity contribution in [2.75, 3.05) is 39.3 Å². The maximum Gasteiger partial charge on any atom is 0.410 e. The number of pyridine rings is 3. The Labute approximate surface area is 580 Å². The fourth-order valence-corrected chi connectivity index (χ4v) is 10.8. The van der Waals surface area contributed by atoms with Gasteiger partial charge in [-0.15, -0.1) is 36.4 Å². The Bertz CT molecular complexity index is 4050. The Kier molecular flexibility index (Phi) is 26.3. The zero-order valence-electron chi connectivity index (χ0n) is 53.5. The zero-order chi connectivity index (χ0) is 65.0. The largest absolute Gasteiger partial charge is 0.475 e. The van der Waals surface area contributed by atoms with Crippen LogP contribution in [-0.4, -0.2) is 115 Å². The van der Waals surface area contributed by atoms with Crippen molar-refractivity contribution in [2.45, 2.75) is 124 Å². The smallest absolute Gasteiger partial charge is 0.410 e. The van der Waals surface area contributed by atoms with Gasteiger partial charge >= 0.3 is 12.1 Å². The molecule has 0 spiro atoms. The lowest BCUT2D eigenvalue weighted by Crippen LogP contribution is -2.93. The number of ether oxygens (including phenoxy) is 1. The molecule has 16 nitrogen and oxygen atoms in total. The first-order valence-electron chi connectivity index (χ1n) is 29.4. The molecule has 2 fully saturated rings. The van der Waals surface area contributed by atoms with Crippen molar-refractivity contribution in [3.63, 3.8) is 0 Å². The van der Waals surface area contributed by atoms with E-state index in [2.05, 4.69) is 75.2 Å². The van der Waals surface area contributed by atoms with Crippen LogP contribution in [0.3, 0.4) is 0 Å². The average Bonchev–Trinajstić information content (AvgIpc) is 1.68. The molecule has 496 valence electrons. The van der Waals surface area contributed by atoms with E-state index in [0.29, 0.717) is 76.6 Å². The lowest BCUT2D eigenvalue weighted by molar-refractivity contribution is -0.673. The third kappa shape index (κ3) is 17.9. The summed E-state index contributed by atoms with van der Waals surface area (Å²) in [6.45, 7) is 29.3. The molecule has 3 aromatic carbocycles. The van der Waals surface area contributed by atoms with Gasteiger partial charge in [0.1, 0.15) is 39.6 Å². The van der Waals surface area contributed by atoms with Gasteiger partial charge < -0.3 is 43.1 Å². The maximum absolute atomic E-state index is 13.6. The van der Waals surface area contributed by atoms with Crippen LogP contribution < -0.4 is 5.32 Å². The Balaban J connectivity index is 0.000000294. The summed E-state index contributed by atoms with van der Waals surface area (Å²) < 4.78 is 62.9. The molecule has 2 aliphatic rings. The fraction of sp³-hybridized carbons (Fsp3) is 0.368. The van der Waals surface area contributed by atoms with Gasteiger partial charge in [-0.2, -0.15) is 0 Å². The Morgan fingerprint density at radius 2 is 0.913 bits per heavy atom. The van der Waals surface area contributed by atoms with E-state index >= 15 is 0 Å². The number of piperazine rings is 2. The second-order valence-corrected chi connectivity index (χ2v) is 25.3. The highest BCUT2D eigenvalue weighted by atomic mass is 128. The molecule has 3 amide bonds. The number of nitrogens with zero attached hydrogens (tertiary/aromatic N) is 6. The van der Waals surface area contributed by atoms with Gasteiger partial charge in [0.25, 0.3) is 11.8 Å². The number of fused-ring (bicyclic) bond motifs is 3. The van der Waals surface area contributed by atoms with Gasteiger partial charge in [0.15, 0.2) is 28.3 Å². The van der Waals surface area contributed by atoms with Crippen molar-refractivity contribution < 1.29 is 66.9 Å². The van der Waals surface area contributed by atoms with Gasteiger partial charge in [0.2, 0.25) is 5.76 Å². The lowest BCUT2D eigenvalue weighted by atomic mass is 9.98. The van der Waals surface area contributed by atoms with Crippen molar-refractivity contribution in [1.82, 2.24) is 29.7 Å². The minimum atomic E-state index is -1.13. The summed E-state index contributed by atoms with van der Waals surface area (Å²) in [4.78, 5) is 69.6. The molecule has 0 atom stereocenters. The van der Waals surface area contributed by atoms with Crippen molar-refractivity contribution in [3.8, 4) is 33.8 Å². The Hall–Kier alpha value is -6.43. The van der Waals surface area contributed by atoms with Crippen molar-refractivity contribution >= 4 is 131 Å². The van der Waals surface area contributed by atoms with E-state index in [9.17, 15) is 32.3 Å². The summed E-state index contributed by atoms with van der Waals surface area (Å²) in [5, 5.41) is 11.3. The second kappa shape index (κ2) is 31.7. The molecule has 2 aliphatic heterocycles. The van der Waals surface area contributed by atoms with Gasteiger partial charge in [-0.1, -0.05) is 41.5 Å².